The Kier molecular flexibility index (Phi) is 5.90. The molecule has 7 atom stereocenters. The van der Waals surface area contributed by atoms with Crippen LogP contribution in [0.4, 0.5) is 0 Å². The van der Waals surface area contributed by atoms with Crippen molar-refractivity contribution in [1.82, 2.24) is 4.90 Å². The number of carbonyl (C=O) groups is 3. The van der Waals surface area contributed by atoms with Gasteiger partial charge in [0, 0.05) is 48.0 Å². The number of piperidine rings is 1. The van der Waals surface area contributed by atoms with Crippen LogP contribution in [-0.4, -0.2) is 39.6 Å². The van der Waals surface area contributed by atoms with Crippen LogP contribution in [0.25, 0.3) is 0 Å². The third-order valence-electron chi connectivity index (χ3n) is 9.98. The smallest absolute Gasteiger partial charge is 0.307 e. The van der Waals surface area contributed by atoms with Crippen molar-refractivity contribution < 1.29 is 19.5 Å². The van der Waals surface area contributed by atoms with E-state index < -0.39 is 17.3 Å². The maximum atomic E-state index is 13.2. The van der Waals surface area contributed by atoms with Crippen LogP contribution in [0.3, 0.4) is 0 Å². The summed E-state index contributed by atoms with van der Waals surface area (Å²) in [5.74, 6) is 0.326. The van der Waals surface area contributed by atoms with E-state index in [1.165, 1.54) is 0 Å². The molecule has 4 aliphatic rings. The maximum absolute atomic E-state index is 13.2. The zero-order valence-corrected chi connectivity index (χ0v) is 21.6. The Bertz CT molecular complexity index is 883. The molecule has 0 aromatic rings. The Balaban J connectivity index is 1.77. The molecule has 3 fully saturated rings. The van der Waals surface area contributed by atoms with Gasteiger partial charge in [0.2, 0.25) is 0 Å². The van der Waals surface area contributed by atoms with Crippen molar-refractivity contribution in [3.63, 3.8) is 0 Å². The largest absolute Gasteiger partial charge is 0.481 e. The van der Waals surface area contributed by atoms with Gasteiger partial charge in [-0.1, -0.05) is 27.7 Å². The van der Waals surface area contributed by atoms with Gasteiger partial charge in [-0.05, 0) is 75.5 Å². The SMILES string of the molecule is CC(C)CC(=O)[C@H]1CC[C@H]2[C@@H]3CN(C(C)(C)C)C4=CC(=O)CC(C(=O)O)[C@]4(C)[C@H]3CC[C@]12C. The van der Waals surface area contributed by atoms with E-state index in [4.69, 9.17) is 0 Å². The van der Waals surface area contributed by atoms with Crippen molar-refractivity contribution in [2.45, 2.75) is 92.5 Å². The molecule has 1 N–H and O–H groups in total. The molecule has 3 aliphatic carbocycles. The predicted octanol–water partition coefficient (Wildman–Crippen LogP) is 5.34. The standard InChI is InChI=1S/C28H43NO4/c1-16(2)12-23(31)21-9-8-19-18-15-29(26(3,4)5)24-14-17(30)13-22(25(32)33)28(24,7)20(18)10-11-27(19,21)6/h14,16,18-22H,8-13,15H2,1-7H3,(H,32,33)/t18-,19-,20-,21+,22?,27-,28-/m0/s1. The van der Waals surface area contributed by atoms with E-state index >= 15 is 0 Å². The van der Waals surface area contributed by atoms with Gasteiger partial charge in [0.05, 0.1) is 5.92 Å². The van der Waals surface area contributed by atoms with Gasteiger partial charge in [0.25, 0.3) is 0 Å². The topological polar surface area (TPSA) is 74.7 Å². The minimum atomic E-state index is -0.851. The molecule has 184 valence electrons. The number of Topliss-reactive ketones (excluding diaryl/α,β-unsaturated/α-hetero) is 1. The number of hydrogen-bond donors (Lipinski definition) is 1. The van der Waals surface area contributed by atoms with Crippen LogP contribution in [0.15, 0.2) is 11.8 Å². The lowest BCUT2D eigenvalue weighted by Crippen LogP contribution is -2.64. The quantitative estimate of drug-likeness (QED) is 0.617. The molecule has 0 aromatic heterocycles. The molecule has 0 bridgehead atoms. The number of rotatable bonds is 4. The molecular weight excluding hydrogens is 414 g/mol. The van der Waals surface area contributed by atoms with Crippen LogP contribution in [-0.2, 0) is 14.4 Å². The first-order valence-corrected chi connectivity index (χ1v) is 13.0. The van der Waals surface area contributed by atoms with Crippen molar-refractivity contribution in [2.75, 3.05) is 6.54 Å². The lowest BCUT2D eigenvalue weighted by molar-refractivity contribution is -0.161. The lowest BCUT2D eigenvalue weighted by atomic mass is 9.47. The van der Waals surface area contributed by atoms with Crippen LogP contribution >= 0.6 is 0 Å². The summed E-state index contributed by atoms with van der Waals surface area (Å²) in [4.78, 5) is 40.7. The average molecular weight is 458 g/mol. The van der Waals surface area contributed by atoms with Gasteiger partial charge >= 0.3 is 5.97 Å². The van der Waals surface area contributed by atoms with Crippen LogP contribution in [0, 0.1) is 46.3 Å². The Morgan fingerprint density at radius 2 is 1.79 bits per heavy atom. The van der Waals surface area contributed by atoms with Crippen molar-refractivity contribution >= 4 is 17.5 Å². The Morgan fingerprint density at radius 1 is 1.12 bits per heavy atom. The summed E-state index contributed by atoms with van der Waals surface area (Å²) in [5, 5.41) is 10.2. The molecular formula is C28H43NO4. The third kappa shape index (κ3) is 3.69. The molecule has 1 aliphatic heterocycles. The van der Waals surface area contributed by atoms with Crippen LogP contribution < -0.4 is 0 Å². The highest BCUT2D eigenvalue weighted by atomic mass is 16.4. The fourth-order valence-electron chi connectivity index (χ4n) is 8.42. The number of allylic oxidation sites excluding steroid dienone is 2. The Labute approximate surface area is 199 Å². The second kappa shape index (κ2) is 7.95. The molecule has 1 saturated heterocycles. The van der Waals surface area contributed by atoms with Crippen molar-refractivity contribution in [3.8, 4) is 0 Å². The highest BCUT2D eigenvalue weighted by molar-refractivity contribution is 5.95. The van der Waals surface area contributed by atoms with Gasteiger partial charge in [-0.25, -0.2) is 0 Å². The summed E-state index contributed by atoms with van der Waals surface area (Å²) in [6, 6.07) is 0. The van der Waals surface area contributed by atoms with E-state index in [-0.39, 0.29) is 35.0 Å². The fraction of sp³-hybridized carbons (Fsp3) is 0.821. The van der Waals surface area contributed by atoms with Crippen molar-refractivity contribution in [1.29, 1.82) is 0 Å². The highest BCUT2D eigenvalue weighted by Crippen LogP contribution is 2.67. The summed E-state index contributed by atoms with van der Waals surface area (Å²) in [6.45, 7) is 16.0. The average Bonchev–Trinajstić information content (AvgIpc) is 3.03. The van der Waals surface area contributed by atoms with E-state index in [1.54, 1.807) is 6.08 Å². The summed E-state index contributed by atoms with van der Waals surface area (Å²) >= 11 is 0. The van der Waals surface area contributed by atoms with E-state index in [0.29, 0.717) is 30.0 Å². The van der Waals surface area contributed by atoms with Gasteiger partial charge in [-0.3, -0.25) is 14.4 Å². The van der Waals surface area contributed by atoms with Gasteiger partial charge in [-0.2, -0.15) is 0 Å². The van der Waals surface area contributed by atoms with E-state index in [0.717, 1.165) is 37.9 Å². The van der Waals surface area contributed by atoms with E-state index in [1.807, 2.05) is 0 Å². The zero-order valence-electron chi connectivity index (χ0n) is 21.6. The number of carbonyl (C=O) groups excluding carboxylic acids is 2. The molecule has 4 rings (SSSR count). The summed E-state index contributed by atoms with van der Waals surface area (Å²) in [7, 11) is 0. The van der Waals surface area contributed by atoms with E-state index in [9.17, 15) is 19.5 Å². The lowest BCUT2D eigenvalue weighted by Gasteiger charge is -2.64. The number of hydrogen-bond acceptors (Lipinski definition) is 4. The Hall–Kier alpha value is -1.65. The van der Waals surface area contributed by atoms with Gasteiger partial charge in [0.1, 0.15) is 5.78 Å². The summed E-state index contributed by atoms with van der Waals surface area (Å²) < 4.78 is 0. The number of likely N-dealkylation sites (tertiary alicyclic amines) is 1. The minimum absolute atomic E-state index is 0.00250. The highest BCUT2D eigenvalue weighted by Gasteiger charge is 2.64. The minimum Gasteiger partial charge on any atom is -0.481 e. The molecule has 5 heteroatoms. The molecule has 0 amide bonds. The first-order valence-electron chi connectivity index (χ1n) is 13.0. The van der Waals surface area contributed by atoms with Crippen molar-refractivity contribution in [3.05, 3.63) is 11.8 Å². The molecule has 0 aromatic carbocycles. The van der Waals surface area contributed by atoms with Crippen LogP contribution in [0.2, 0.25) is 0 Å². The third-order valence-corrected chi connectivity index (χ3v) is 9.98. The maximum Gasteiger partial charge on any atom is 0.307 e. The van der Waals surface area contributed by atoms with Gasteiger partial charge in [-0.15, -0.1) is 0 Å². The molecule has 0 radical (unpaired) electrons. The molecule has 2 saturated carbocycles. The van der Waals surface area contributed by atoms with Gasteiger partial charge < -0.3 is 10.0 Å². The number of fused-ring (bicyclic) bond motifs is 5. The second-order valence-corrected chi connectivity index (χ2v) is 13.3. The number of ketones is 2. The monoisotopic (exact) mass is 457 g/mol. The van der Waals surface area contributed by atoms with E-state index in [2.05, 4.69) is 53.4 Å². The number of carboxylic acid groups (broad SMARTS) is 1. The molecule has 1 heterocycles. The normalized spacial score (nSPS) is 40.7. The molecule has 5 nitrogen and oxygen atoms in total. The van der Waals surface area contributed by atoms with Crippen LogP contribution in [0.5, 0.6) is 0 Å². The van der Waals surface area contributed by atoms with Gasteiger partial charge in [0.15, 0.2) is 5.78 Å². The second-order valence-electron chi connectivity index (χ2n) is 13.3. The predicted molar refractivity (Wildman–Crippen MR) is 128 cm³/mol. The molecule has 1 unspecified atom stereocenters. The zero-order chi connectivity index (χ0) is 24.5. The fourth-order valence-corrected chi connectivity index (χ4v) is 8.42. The Morgan fingerprint density at radius 3 is 2.36 bits per heavy atom. The summed E-state index contributed by atoms with van der Waals surface area (Å²) in [5.41, 5.74) is 0.168. The van der Waals surface area contributed by atoms with Crippen molar-refractivity contribution in [2.24, 2.45) is 46.3 Å². The number of carboxylic acids is 1. The first kappa shape index (κ1) is 24.5. The molecule has 0 spiro atoms. The van der Waals surface area contributed by atoms with Crippen LogP contribution in [0.1, 0.15) is 87.0 Å². The number of nitrogens with zero attached hydrogens (tertiary/aromatic N) is 1. The summed E-state index contributed by atoms with van der Waals surface area (Å²) in [6.07, 6.45) is 6.44. The first-order chi connectivity index (χ1) is 15.2. The number of aliphatic carboxylic acids is 1. The molecule has 33 heavy (non-hydrogen) atoms.